The van der Waals surface area contributed by atoms with Crippen molar-refractivity contribution in [3.63, 3.8) is 0 Å². The quantitative estimate of drug-likeness (QED) is 0.362. The molecule has 22 heavy (non-hydrogen) atoms. The summed E-state index contributed by atoms with van der Waals surface area (Å²) < 4.78 is 0. The van der Waals surface area contributed by atoms with Gasteiger partial charge in [-0.25, -0.2) is 0 Å². The molecule has 2 N–H and O–H groups in total. The number of carbonyl (C=O) groups is 1. The van der Waals surface area contributed by atoms with Gasteiger partial charge < -0.3 is 10.6 Å². The molecule has 0 saturated carbocycles. The Labute approximate surface area is 132 Å². The Morgan fingerprint density at radius 2 is 2.27 bits per heavy atom. The van der Waals surface area contributed by atoms with Crippen LogP contribution in [0.5, 0.6) is 0 Å². The van der Waals surface area contributed by atoms with Crippen LogP contribution >= 0.6 is 11.6 Å². The predicted octanol–water partition coefficient (Wildman–Crippen LogP) is 2.98. The Kier molecular flexibility index (Phi) is 6.35. The van der Waals surface area contributed by atoms with E-state index in [0.29, 0.717) is 0 Å². The average Bonchev–Trinajstić information content (AvgIpc) is 2.49. The van der Waals surface area contributed by atoms with E-state index in [0.717, 1.165) is 12.5 Å². The van der Waals surface area contributed by atoms with Gasteiger partial charge in [-0.1, -0.05) is 18.5 Å². The van der Waals surface area contributed by atoms with Gasteiger partial charge in [0.15, 0.2) is 0 Å². The zero-order valence-corrected chi connectivity index (χ0v) is 12.8. The Bertz CT molecular complexity index is 652. The third kappa shape index (κ3) is 4.75. The molecule has 116 valence electrons. The third-order valence-corrected chi connectivity index (χ3v) is 3.21. The van der Waals surface area contributed by atoms with Crippen molar-refractivity contribution in [2.24, 2.45) is 0 Å². The number of nitro groups is 1. The summed E-state index contributed by atoms with van der Waals surface area (Å²) in [4.78, 5) is 22.1. The number of carbonyl (C=O) groups excluding carboxylic acids is 1. The number of hydrogen-bond donors (Lipinski definition) is 2. The van der Waals surface area contributed by atoms with Gasteiger partial charge in [0.05, 0.1) is 4.92 Å². The summed E-state index contributed by atoms with van der Waals surface area (Å²) in [5.41, 5.74) is -0.261. The van der Waals surface area contributed by atoms with Crippen molar-refractivity contribution >= 4 is 28.9 Å². The molecule has 1 aromatic rings. The maximum atomic E-state index is 12.0. The molecule has 7 nitrogen and oxygen atoms in total. The summed E-state index contributed by atoms with van der Waals surface area (Å²) in [6.07, 6.45) is 2.16. The van der Waals surface area contributed by atoms with Crippen LogP contribution in [0.25, 0.3) is 0 Å². The van der Waals surface area contributed by atoms with Crippen LogP contribution in [-0.4, -0.2) is 16.9 Å². The summed E-state index contributed by atoms with van der Waals surface area (Å²) in [6.45, 7) is 3.87. The van der Waals surface area contributed by atoms with Gasteiger partial charge in [-0.3, -0.25) is 14.9 Å². The first-order valence-electron chi connectivity index (χ1n) is 6.50. The molecule has 0 aliphatic rings. The number of anilines is 1. The van der Waals surface area contributed by atoms with E-state index in [1.54, 1.807) is 6.07 Å². The van der Waals surface area contributed by atoms with Gasteiger partial charge in [0.1, 0.15) is 16.7 Å². The molecule has 0 aliphatic carbocycles. The molecule has 1 rings (SSSR count). The lowest BCUT2D eigenvalue weighted by molar-refractivity contribution is -0.384. The van der Waals surface area contributed by atoms with Crippen molar-refractivity contribution < 1.29 is 9.72 Å². The standard InChI is InChI=1S/C14H15ClN4O3/c1-3-9(2)17-8-10(7-16)14(20)18-11-4-5-12(15)13(6-11)19(21)22/h4-6,8-9,17H,3H2,1-2H3,(H,18,20)/b10-8-. The third-order valence-electron chi connectivity index (χ3n) is 2.89. The molecule has 1 atom stereocenters. The van der Waals surface area contributed by atoms with E-state index in [1.165, 1.54) is 18.3 Å². The number of nitriles is 1. The minimum atomic E-state index is -0.657. The summed E-state index contributed by atoms with van der Waals surface area (Å²) in [7, 11) is 0. The van der Waals surface area contributed by atoms with Crippen LogP contribution in [0, 0.1) is 21.4 Å². The molecule has 8 heteroatoms. The molecular weight excluding hydrogens is 308 g/mol. The van der Waals surface area contributed by atoms with E-state index in [-0.39, 0.29) is 28.0 Å². The highest BCUT2D eigenvalue weighted by atomic mass is 35.5. The number of hydrogen-bond acceptors (Lipinski definition) is 5. The Morgan fingerprint density at radius 3 is 2.82 bits per heavy atom. The highest BCUT2D eigenvalue weighted by molar-refractivity contribution is 6.32. The van der Waals surface area contributed by atoms with Crippen molar-refractivity contribution in [2.45, 2.75) is 26.3 Å². The molecular formula is C14H15ClN4O3. The summed E-state index contributed by atoms with van der Waals surface area (Å²) in [5.74, 6) is -0.657. The normalized spacial score (nSPS) is 12.2. The second kappa shape index (κ2) is 8.00. The second-order valence-electron chi connectivity index (χ2n) is 4.52. The molecule has 0 aliphatic heterocycles. The lowest BCUT2D eigenvalue weighted by Gasteiger charge is -2.09. The molecule has 0 aromatic heterocycles. The fourth-order valence-corrected chi connectivity index (χ4v) is 1.61. The fourth-order valence-electron chi connectivity index (χ4n) is 1.42. The maximum absolute atomic E-state index is 12.0. The monoisotopic (exact) mass is 322 g/mol. The SMILES string of the molecule is CCC(C)N/C=C(/C#N)C(=O)Nc1ccc(Cl)c([N+](=O)[O-])c1. The minimum absolute atomic E-state index is 0.0301. The van der Waals surface area contributed by atoms with Gasteiger partial charge in [0.2, 0.25) is 0 Å². The molecule has 1 aromatic carbocycles. The number of benzene rings is 1. The maximum Gasteiger partial charge on any atom is 0.289 e. The van der Waals surface area contributed by atoms with Gasteiger partial charge in [0, 0.05) is 24.0 Å². The van der Waals surface area contributed by atoms with Crippen LogP contribution in [0.1, 0.15) is 20.3 Å². The summed E-state index contributed by atoms with van der Waals surface area (Å²) >= 11 is 5.69. The molecule has 0 heterocycles. The second-order valence-corrected chi connectivity index (χ2v) is 4.93. The van der Waals surface area contributed by atoms with Crippen molar-refractivity contribution in [3.8, 4) is 6.07 Å². The number of nitrogens with one attached hydrogen (secondary N) is 2. The zero-order chi connectivity index (χ0) is 16.7. The smallest absolute Gasteiger partial charge is 0.289 e. The van der Waals surface area contributed by atoms with Crippen molar-refractivity contribution in [3.05, 3.63) is 45.1 Å². The predicted molar refractivity (Wildman–Crippen MR) is 83.3 cm³/mol. The number of halogens is 1. The Morgan fingerprint density at radius 1 is 1.59 bits per heavy atom. The molecule has 0 saturated heterocycles. The zero-order valence-electron chi connectivity index (χ0n) is 12.1. The van der Waals surface area contributed by atoms with E-state index in [4.69, 9.17) is 16.9 Å². The van der Waals surface area contributed by atoms with Crippen LogP contribution in [0.4, 0.5) is 11.4 Å². The minimum Gasteiger partial charge on any atom is -0.387 e. The van der Waals surface area contributed by atoms with Gasteiger partial charge in [0.25, 0.3) is 11.6 Å². The number of nitrogens with zero attached hydrogens (tertiary/aromatic N) is 2. The van der Waals surface area contributed by atoms with Crippen LogP contribution in [-0.2, 0) is 4.79 Å². The van der Waals surface area contributed by atoms with Crippen LogP contribution < -0.4 is 10.6 Å². The van der Waals surface area contributed by atoms with Crippen LogP contribution in [0.2, 0.25) is 5.02 Å². The largest absolute Gasteiger partial charge is 0.387 e. The van der Waals surface area contributed by atoms with E-state index in [1.807, 2.05) is 13.8 Å². The Balaban J connectivity index is 2.89. The number of amides is 1. The summed E-state index contributed by atoms with van der Waals surface area (Å²) in [6, 6.07) is 5.76. The molecule has 0 spiro atoms. The lowest BCUT2D eigenvalue weighted by atomic mass is 10.2. The van der Waals surface area contributed by atoms with Crippen LogP contribution in [0.3, 0.4) is 0 Å². The van der Waals surface area contributed by atoms with Crippen molar-refractivity contribution in [1.29, 1.82) is 5.26 Å². The van der Waals surface area contributed by atoms with Crippen molar-refractivity contribution in [2.75, 3.05) is 5.32 Å². The van der Waals surface area contributed by atoms with E-state index >= 15 is 0 Å². The molecule has 0 bridgehead atoms. The molecule has 1 amide bonds. The molecule has 0 radical (unpaired) electrons. The van der Waals surface area contributed by atoms with E-state index in [9.17, 15) is 14.9 Å². The van der Waals surface area contributed by atoms with Crippen molar-refractivity contribution in [1.82, 2.24) is 5.32 Å². The summed E-state index contributed by atoms with van der Waals surface area (Å²) in [5, 5.41) is 25.1. The first kappa shape index (κ1) is 17.5. The highest BCUT2D eigenvalue weighted by Gasteiger charge is 2.15. The Hall–Kier alpha value is -2.59. The number of rotatable bonds is 6. The molecule has 0 fully saturated rings. The van der Waals surface area contributed by atoms with E-state index < -0.39 is 10.8 Å². The average molecular weight is 323 g/mol. The fraction of sp³-hybridized carbons (Fsp3) is 0.286. The molecule has 1 unspecified atom stereocenters. The highest BCUT2D eigenvalue weighted by Crippen LogP contribution is 2.27. The first-order valence-corrected chi connectivity index (χ1v) is 6.88. The number of nitro benzene ring substituents is 1. The van der Waals surface area contributed by atoms with Gasteiger partial charge >= 0.3 is 0 Å². The van der Waals surface area contributed by atoms with Gasteiger partial charge in [-0.15, -0.1) is 0 Å². The first-order chi connectivity index (χ1) is 10.4. The topological polar surface area (TPSA) is 108 Å². The van der Waals surface area contributed by atoms with Gasteiger partial charge in [-0.2, -0.15) is 5.26 Å². The van der Waals surface area contributed by atoms with Gasteiger partial charge in [-0.05, 0) is 25.5 Å². The lowest BCUT2D eigenvalue weighted by Crippen LogP contribution is -2.22. The van der Waals surface area contributed by atoms with Crippen LogP contribution in [0.15, 0.2) is 30.0 Å². The van der Waals surface area contributed by atoms with E-state index in [2.05, 4.69) is 10.6 Å².